The molecule has 3 nitrogen and oxygen atoms in total. The molecule has 2 aliphatic rings. The highest BCUT2D eigenvalue weighted by atomic mass is 16.2. The van der Waals surface area contributed by atoms with Gasteiger partial charge in [0.2, 0.25) is 5.91 Å². The zero-order chi connectivity index (χ0) is 8.60. The van der Waals surface area contributed by atoms with E-state index in [-0.39, 0.29) is 11.3 Å². The van der Waals surface area contributed by atoms with Crippen molar-refractivity contribution >= 4 is 5.91 Å². The lowest BCUT2D eigenvalue weighted by Gasteiger charge is -2.14. The molecule has 2 N–H and O–H groups in total. The summed E-state index contributed by atoms with van der Waals surface area (Å²) in [6.07, 6.45) is 3.22. The van der Waals surface area contributed by atoms with E-state index in [9.17, 15) is 4.79 Å². The maximum Gasteiger partial charge on any atom is 0.226 e. The summed E-state index contributed by atoms with van der Waals surface area (Å²) in [6, 6.07) is 0.384. The summed E-state index contributed by atoms with van der Waals surface area (Å²) in [4.78, 5) is 11.5. The van der Waals surface area contributed by atoms with E-state index < -0.39 is 0 Å². The highest BCUT2D eigenvalue weighted by Crippen LogP contribution is 2.45. The fraction of sp³-hybridized carbons (Fsp3) is 0.889. The van der Waals surface area contributed by atoms with Crippen molar-refractivity contribution in [2.75, 3.05) is 13.1 Å². The normalized spacial score (nSPS) is 31.6. The Bertz CT molecular complexity index is 193. The van der Waals surface area contributed by atoms with Crippen molar-refractivity contribution in [1.82, 2.24) is 10.6 Å². The zero-order valence-corrected chi connectivity index (χ0v) is 7.52. The van der Waals surface area contributed by atoms with Gasteiger partial charge in [0.15, 0.2) is 0 Å². The van der Waals surface area contributed by atoms with Gasteiger partial charge in [-0.15, -0.1) is 0 Å². The van der Waals surface area contributed by atoms with Crippen LogP contribution >= 0.6 is 0 Å². The monoisotopic (exact) mass is 168 g/mol. The van der Waals surface area contributed by atoms with Gasteiger partial charge < -0.3 is 10.6 Å². The molecule has 12 heavy (non-hydrogen) atoms. The van der Waals surface area contributed by atoms with Gasteiger partial charge in [-0.3, -0.25) is 4.79 Å². The number of nitrogens with one attached hydrogen (secondary N) is 2. The Labute approximate surface area is 72.9 Å². The van der Waals surface area contributed by atoms with Crippen LogP contribution in [0.1, 0.15) is 26.2 Å². The second-order valence-corrected chi connectivity index (χ2v) is 4.22. The van der Waals surface area contributed by atoms with E-state index in [0.717, 1.165) is 32.4 Å². The molecule has 0 unspecified atom stereocenters. The highest BCUT2D eigenvalue weighted by molar-refractivity contribution is 5.85. The molecule has 1 saturated carbocycles. The summed E-state index contributed by atoms with van der Waals surface area (Å²) in [5.41, 5.74) is -0.0113. The molecular weight excluding hydrogens is 152 g/mol. The Morgan fingerprint density at radius 3 is 2.83 bits per heavy atom. The molecule has 0 spiro atoms. The van der Waals surface area contributed by atoms with Crippen molar-refractivity contribution in [3.8, 4) is 0 Å². The van der Waals surface area contributed by atoms with Crippen LogP contribution in [0.3, 0.4) is 0 Å². The van der Waals surface area contributed by atoms with Gasteiger partial charge in [-0.25, -0.2) is 0 Å². The average molecular weight is 168 g/mol. The smallest absolute Gasteiger partial charge is 0.226 e. The van der Waals surface area contributed by atoms with Crippen LogP contribution in [-0.4, -0.2) is 25.0 Å². The second-order valence-electron chi connectivity index (χ2n) is 4.22. The molecule has 1 aliphatic heterocycles. The first kappa shape index (κ1) is 8.05. The van der Waals surface area contributed by atoms with E-state index in [2.05, 4.69) is 10.6 Å². The van der Waals surface area contributed by atoms with E-state index in [4.69, 9.17) is 0 Å². The summed E-state index contributed by atoms with van der Waals surface area (Å²) in [7, 11) is 0. The molecule has 0 radical (unpaired) electrons. The lowest BCUT2D eigenvalue weighted by atomic mass is 10.1. The summed E-state index contributed by atoms with van der Waals surface area (Å²) < 4.78 is 0. The third-order valence-electron chi connectivity index (χ3n) is 2.94. The minimum Gasteiger partial charge on any atom is -0.352 e. The van der Waals surface area contributed by atoms with Crippen molar-refractivity contribution < 1.29 is 4.79 Å². The summed E-state index contributed by atoms with van der Waals surface area (Å²) in [6.45, 7) is 4.04. The first-order chi connectivity index (χ1) is 5.71. The first-order valence-corrected chi connectivity index (χ1v) is 4.72. The third-order valence-corrected chi connectivity index (χ3v) is 2.94. The van der Waals surface area contributed by atoms with Crippen molar-refractivity contribution in [1.29, 1.82) is 0 Å². The molecule has 1 heterocycles. The third kappa shape index (κ3) is 1.46. The van der Waals surface area contributed by atoms with Gasteiger partial charge in [-0.1, -0.05) is 6.92 Å². The maximum absolute atomic E-state index is 11.5. The topological polar surface area (TPSA) is 41.1 Å². The number of carbonyl (C=O) groups excluding carboxylic acids is 1. The molecular formula is C9H16N2O. The van der Waals surface area contributed by atoms with Gasteiger partial charge in [0.05, 0.1) is 0 Å². The molecule has 2 rings (SSSR count). The Kier molecular flexibility index (Phi) is 1.83. The van der Waals surface area contributed by atoms with Crippen LogP contribution in [0.2, 0.25) is 0 Å². The minimum atomic E-state index is -0.0113. The van der Waals surface area contributed by atoms with Crippen molar-refractivity contribution in [3.05, 3.63) is 0 Å². The molecule has 1 aliphatic carbocycles. The molecule has 3 heteroatoms. The average Bonchev–Trinajstić information content (AvgIpc) is 2.63. The summed E-state index contributed by atoms with van der Waals surface area (Å²) >= 11 is 0. The Morgan fingerprint density at radius 1 is 1.58 bits per heavy atom. The van der Waals surface area contributed by atoms with E-state index in [0.29, 0.717) is 6.04 Å². The van der Waals surface area contributed by atoms with E-state index in [1.807, 2.05) is 6.92 Å². The standard InChI is InChI=1S/C9H16N2O/c1-9(3-4-9)8(12)11-7-2-5-10-6-7/h7,10H,2-6H2,1H3,(H,11,12)/t7-/m1/s1. The van der Waals surface area contributed by atoms with Crippen molar-refractivity contribution in [2.24, 2.45) is 5.41 Å². The largest absolute Gasteiger partial charge is 0.352 e. The number of carbonyl (C=O) groups is 1. The minimum absolute atomic E-state index is 0.0113. The molecule has 0 aromatic heterocycles. The van der Waals surface area contributed by atoms with E-state index in [1.165, 1.54) is 0 Å². The molecule has 1 amide bonds. The van der Waals surface area contributed by atoms with Gasteiger partial charge in [-0.2, -0.15) is 0 Å². The van der Waals surface area contributed by atoms with Crippen LogP contribution in [0, 0.1) is 5.41 Å². The number of rotatable bonds is 2. The Hall–Kier alpha value is -0.570. The lowest BCUT2D eigenvalue weighted by Crippen LogP contribution is -2.40. The first-order valence-electron chi connectivity index (χ1n) is 4.72. The second kappa shape index (κ2) is 2.73. The van der Waals surface area contributed by atoms with Gasteiger partial charge in [-0.05, 0) is 25.8 Å². The Morgan fingerprint density at radius 2 is 2.33 bits per heavy atom. The molecule has 2 fully saturated rings. The molecule has 1 saturated heterocycles. The summed E-state index contributed by atoms with van der Waals surface area (Å²) in [5.74, 6) is 0.260. The Balaban J connectivity index is 1.82. The van der Waals surface area contributed by atoms with Crippen LogP contribution < -0.4 is 10.6 Å². The van der Waals surface area contributed by atoms with Crippen molar-refractivity contribution in [2.45, 2.75) is 32.2 Å². The SMILES string of the molecule is CC1(C(=O)N[C@@H]2CCNC2)CC1. The molecule has 1 atom stereocenters. The zero-order valence-electron chi connectivity index (χ0n) is 7.52. The predicted octanol–water partition coefficient (Wildman–Crippen LogP) is 0.265. The van der Waals surface area contributed by atoms with Gasteiger partial charge >= 0.3 is 0 Å². The number of hydrogen-bond donors (Lipinski definition) is 2. The van der Waals surface area contributed by atoms with Gasteiger partial charge in [0, 0.05) is 18.0 Å². The van der Waals surface area contributed by atoms with Crippen LogP contribution in [0.25, 0.3) is 0 Å². The number of amides is 1. The number of hydrogen-bond acceptors (Lipinski definition) is 2. The predicted molar refractivity (Wildman–Crippen MR) is 46.8 cm³/mol. The quantitative estimate of drug-likeness (QED) is 0.621. The molecule has 0 aromatic carbocycles. The maximum atomic E-state index is 11.5. The van der Waals surface area contributed by atoms with Crippen LogP contribution in [-0.2, 0) is 4.79 Å². The van der Waals surface area contributed by atoms with Gasteiger partial charge in [0.1, 0.15) is 0 Å². The fourth-order valence-electron chi connectivity index (χ4n) is 1.55. The molecule has 68 valence electrons. The van der Waals surface area contributed by atoms with E-state index >= 15 is 0 Å². The fourth-order valence-corrected chi connectivity index (χ4v) is 1.55. The molecule has 0 aromatic rings. The molecule has 0 bridgehead atoms. The van der Waals surface area contributed by atoms with Gasteiger partial charge in [0.25, 0.3) is 0 Å². The van der Waals surface area contributed by atoms with Crippen molar-refractivity contribution in [3.63, 3.8) is 0 Å². The van der Waals surface area contributed by atoms with Crippen LogP contribution in [0.15, 0.2) is 0 Å². The van der Waals surface area contributed by atoms with Crippen LogP contribution in [0.4, 0.5) is 0 Å². The summed E-state index contributed by atoms with van der Waals surface area (Å²) in [5, 5.41) is 6.31. The van der Waals surface area contributed by atoms with Crippen LogP contribution in [0.5, 0.6) is 0 Å². The highest BCUT2D eigenvalue weighted by Gasteiger charge is 2.45. The van der Waals surface area contributed by atoms with E-state index in [1.54, 1.807) is 0 Å². The lowest BCUT2D eigenvalue weighted by molar-refractivity contribution is -0.126.